The van der Waals surface area contributed by atoms with Gasteiger partial charge < -0.3 is 9.64 Å². The van der Waals surface area contributed by atoms with Crippen molar-refractivity contribution in [2.24, 2.45) is 0 Å². The van der Waals surface area contributed by atoms with Crippen LogP contribution in [-0.4, -0.2) is 62.1 Å². The van der Waals surface area contributed by atoms with Crippen LogP contribution in [0.3, 0.4) is 0 Å². The first kappa shape index (κ1) is 14.4. The Morgan fingerprint density at radius 3 is 2.07 bits per heavy atom. The van der Waals surface area contributed by atoms with E-state index in [-0.39, 0.29) is 11.6 Å². The number of hydrogen-bond acceptors (Lipinski definition) is 4. The van der Waals surface area contributed by atoms with Gasteiger partial charge in [0.15, 0.2) is 0 Å². The molecule has 0 aromatic heterocycles. The zero-order valence-electron chi connectivity index (χ0n) is 10.8. The summed E-state index contributed by atoms with van der Waals surface area (Å²) in [4.78, 5) is 15.5. The second kappa shape index (κ2) is 6.08. The molecule has 0 amide bonds. The van der Waals surface area contributed by atoms with E-state index in [9.17, 15) is 4.79 Å². The van der Waals surface area contributed by atoms with E-state index in [0.29, 0.717) is 6.54 Å². The smallest absolute Gasteiger partial charge is 0.320 e. The predicted octanol–water partition coefficient (Wildman–Crippen LogP) is 0.821. The summed E-state index contributed by atoms with van der Waals surface area (Å²) in [5.41, 5.74) is -0.389. The van der Waals surface area contributed by atoms with Gasteiger partial charge in [0, 0.05) is 13.1 Å². The molecule has 0 rings (SSSR count). The lowest BCUT2D eigenvalue weighted by Gasteiger charge is -2.23. The molecule has 0 saturated carbocycles. The Morgan fingerprint density at radius 1 is 1.13 bits per heavy atom. The van der Waals surface area contributed by atoms with Crippen molar-refractivity contribution in [1.29, 1.82) is 0 Å². The maximum atomic E-state index is 11.4. The van der Waals surface area contributed by atoms with Crippen LogP contribution in [0.5, 0.6) is 0 Å². The van der Waals surface area contributed by atoms with Crippen LogP contribution in [0.25, 0.3) is 0 Å². The van der Waals surface area contributed by atoms with E-state index in [4.69, 9.17) is 4.74 Å². The highest BCUT2D eigenvalue weighted by atomic mass is 16.6. The summed E-state index contributed by atoms with van der Waals surface area (Å²) in [5.74, 6) is -0.163. The van der Waals surface area contributed by atoms with Gasteiger partial charge in [-0.15, -0.1) is 0 Å². The molecule has 0 bridgehead atoms. The van der Waals surface area contributed by atoms with E-state index >= 15 is 0 Å². The highest BCUT2D eigenvalue weighted by Crippen LogP contribution is 2.06. The highest BCUT2D eigenvalue weighted by Gasteiger charge is 2.17. The Hall–Kier alpha value is -0.610. The van der Waals surface area contributed by atoms with Crippen molar-refractivity contribution in [1.82, 2.24) is 9.80 Å². The van der Waals surface area contributed by atoms with Crippen LogP contribution in [-0.2, 0) is 9.53 Å². The van der Waals surface area contributed by atoms with Crippen molar-refractivity contribution in [3.63, 3.8) is 0 Å². The summed E-state index contributed by atoms with van der Waals surface area (Å²) >= 11 is 0. The fourth-order valence-electron chi connectivity index (χ4n) is 1.04. The van der Waals surface area contributed by atoms with E-state index in [1.54, 1.807) is 0 Å². The Bertz CT molecular complexity index is 197. The largest absolute Gasteiger partial charge is 0.459 e. The second-order valence-electron chi connectivity index (χ2n) is 5.13. The first-order chi connectivity index (χ1) is 6.70. The van der Waals surface area contributed by atoms with Crippen LogP contribution >= 0.6 is 0 Å². The molecule has 15 heavy (non-hydrogen) atoms. The number of likely N-dealkylation sites (N-methyl/N-ethyl adjacent to an activating group) is 2. The molecule has 0 heterocycles. The maximum absolute atomic E-state index is 11.4. The Balaban J connectivity index is 3.77. The molecular formula is C11H24N2O2. The van der Waals surface area contributed by atoms with E-state index in [0.717, 1.165) is 13.1 Å². The van der Waals surface area contributed by atoms with Crippen molar-refractivity contribution in [2.75, 3.05) is 40.8 Å². The minimum Gasteiger partial charge on any atom is -0.459 e. The van der Waals surface area contributed by atoms with Gasteiger partial charge in [-0.05, 0) is 41.9 Å². The van der Waals surface area contributed by atoms with Crippen LogP contribution < -0.4 is 0 Å². The minimum absolute atomic E-state index is 0.163. The number of hydrogen-bond donors (Lipinski definition) is 0. The molecule has 0 aromatic rings. The molecule has 0 fully saturated rings. The Morgan fingerprint density at radius 2 is 1.67 bits per heavy atom. The van der Waals surface area contributed by atoms with E-state index < -0.39 is 0 Å². The molecule has 0 aliphatic carbocycles. The zero-order valence-corrected chi connectivity index (χ0v) is 10.8. The fourth-order valence-corrected chi connectivity index (χ4v) is 1.04. The molecule has 0 aliphatic heterocycles. The summed E-state index contributed by atoms with van der Waals surface area (Å²) in [5, 5.41) is 0. The van der Waals surface area contributed by atoms with Crippen LogP contribution in [0.15, 0.2) is 0 Å². The predicted molar refractivity (Wildman–Crippen MR) is 61.9 cm³/mol. The minimum atomic E-state index is -0.389. The number of nitrogens with zero attached hydrogens (tertiary/aromatic N) is 2. The first-order valence-corrected chi connectivity index (χ1v) is 5.26. The van der Waals surface area contributed by atoms with Crippen LogP contribution in [0.1, 0.15) is 20.8 Å². The molecule has 4 heteroatoms. The molecule has 0 radical (unpaired) electrons. The monoisotopic (exact) mass is 216 g/mol. The van der Waals surface area contributed by atoms with E-state index in [1.165, 1.54) is 0 Å². The maximum Gasteiger partial charge on any atom is 0.320 e. The summed E-state index contributed by atoms with van der Waals surface area (Å²) in [6.45, 7) is 7.80. The molecule has 0 spiro atoms. The van der Waals surface area contributed by atoms with Crippen molar-refractivity contribution in [3.05, 3.63) is 0 Å². The topological polar surface area (TPSA) is 32.8 Å². The summed E-state index contributed by atoms with van der Waals surface area (Å²) < 4.78 is 5.22. The molecule has 0 aliphatic rings. The number of rotatable bonds is 5. The molecule has 4 nitrogen and oxygen atoms in total. The third-order valence-electron chi connectivity index (χ3n) is 1.75. The molecule has 0 aromatic carbocycles. The molecule has 0 atom stereocenters. The SMILES string of the molecule is CN(C)CCN(C)CC(=O)OC(C)(C)C. The van der Waals surface area contributed by atoms with Gasteiger partial charge in [0.2, 0.25) is 0 Å². The summed E-state index contributed by atoms with van der Waals surface area (Å²) in [6.07, 6.45) is 0. The van der Waals surface area contributed by atoms with Crippen LogP contribution in [0.4, 0.5) is 0 Å². The van der Waals surface area contributed by atoms with Gasteiger partial charge >= 0.3 is 5.97 Å². The average molecular weight is 216 g/mol. The average Bonchev–Trinajstić information content (AvgIpc) is 1.96. The number of carbonyl (C=O) groups is 1. The van der Waals surface area contributed by atoms with Crippen molar-refractivity contribution in [2.45, 2.75) is 26.4 Å². The lowest BCUT2D eigenvalue weighted by molar-refractivity contribution is -0.155. The quantitative estimate of drug-likeness (QED) is 0.637. The number of carbonyl (C=O) groups excluding carboxylic acids is 1. The number of esters is 1. The van der Waals surface area contributed by atoms with Gasteiger partial charge in [0.05, 0.1) is 6.54 Å². The Kier molecular flexibility index (Phi) is 5.83. The first-order valence-electron chi connectivity index (χ1n) is 5.26. The molecular weight excluding hydrogens is 192 g/mol. The lowest BCUT2D eigenvalue weighted by atomic mass is 10.2. The molecule has 0 unspecified atom stereocenters. The normalized spacial score (nSPS) is 12.3. The van der Waals surface area contributed by atoms with Crippen molar-refractivity contribution in [3.8, 4) is 0 Å². The molecule has 90 valence electrons. The van der Waals surface area contributed by atoms with Crippen LogP contribution in [0.2, 0.25) is 0 Å². The second-order valence-corrected chi connectivity index (χ2v) is 5.13. The van der Waals surface area contributed by atoms with Crippen molar-refractivity contribution < 1.29 is 9.53 Å². The van der Waals surface area contributed by atoms with Crippen molar-refractivity contribution >= 4 is 5.97 Å². The van der Waals surface area contributed by atoms with E-state index in [2.05, 4.69) is 4.90 Å². The fraction of sp³-hybridized carbons (Fsp3) is 0.909. The lowest BCUT2D eigenvalue weighted by Crippen LogP contribution is -2.36. The summed E-state index contributed by atoms with van der Waals surface area (Å²) in [6, 6.07) is 0. The molecule has 0 saturated heterocycles. The van der Waals surface area contributed by atoms with Crippen LogP contribution in [0, 0.1) is 0 Å². The van der Waals surface area contributed by atoms with Gasteiger partial charge in [-0.2, -0.15) is 0 Å². The third kappa shape index (κ3) is 9.69. The number of ether oxygens (including phenoxy) is 1. The zero-order chi connectivity index (χ0) is 12.1. The molecule has 0 N–H and O–H groups in total. The van der Waals surface area contributed by atoms with Gasteiger partial charge in [-0.1, -0.05) is 0 Å². The third-order valence-corrected chi connectivity index (χ3v) is 1.75. The van der Waals surface area contributed by atoms with Gasteiger partial charge in [0.25, 0.3) is 0 Å². The van der Waals surface area contributed by atoms with Gasteiger partial charge in [-0.3, -0.25) is 9.69 Å². The highest BCUT2D eigenvalue weighted by molar-refractivity contribution is 5.72. The van der Waals surface area contributed by atoms with Gasteiger partial charge in [-0.25, -0.2) is 0 Å². The Labute approximate surface area is 93.2 Å². The summed E-state index contributed by atoms with van der Waals surface area (Å²) in [7, 11) is 5.95. The van der Waals surface area contributed by atoms with E-state index in [1.807, 2.05) is 46.8 Å². The standard InChI is InChI=1S/C11H24N2O2/c1-11(2,3)15-10(14)9-13(6)8-7-12(4)5/h7-9H2,1-6H3. The van der Waals surface area contributed by atoms with Gasteiger partial charge in [0.1, 0.15) is 5.60 Å².